The second-order valence-corrected chi connectivity index (χ2v) is 9.75. The molecule has 6 nitrogen and oxygen atoms in total. The summed E-state index contributed by atoms with van der Waals surface area (Å²) in [6, 6.07) is 23.2. The van der Waals surface area contributed by atoms with Crippen LogP contribution in [0.5, 0.6) is 0 Å². The van der Waals surface area contributed by atoms with E-state index >= 15 is 0 Å². The Morgan fingerprint density at radius 2 is 1.55 bits per heavy atom. The molecule has 2 fully saturated rings. The van der Waals surface area contributed by atoms with Gasteiger partial charge in [0.05, 0.1) is 24.1 Å². The van der Waals surface area contributed by atoms with Crippen LogP contribution in [-0.4, -0.2) is 5.90 Å². The zero-order valence-corrected chi connectivity index (χ0v) is 19.2. The van der Waals surface area contributed by atoms with Crippen LogP contribution in [-0.2, 0) is 20.7 Å². The van der Waals surface area contributed by atoms with E-state index in [9.17, 15) is 15.8 Å². The molecule has 2 bridgehead atoms. The van der Waals surface area contributed by atoms with E-state index in [2.05, 4.69) is 39.0 Å². The predicted octanol–water partition coefficient (Wildman–Crippen LogP) is 5.49. The number of rotatable bonds is 3. The number of ether oxygens (including phenoxy) is 2. The van der Waals surface area contributed by atoms with Crippen molar-refractivity contribution < 1.29 is 9.47 Å². The van der Waals surface area contributed by atoms with Gasteiger partial charge in [-0.1, -0.05) is 82.3 Å². The Labute approximate surface area is 194 Å². The molecule has 2 aliphatic rings. The zero-order chi connectivity index (χ0) is 24.1. The quantitative estimate of drug-likeness (QED) is 0.681. The van der Waals surface area contributed by atoms with E-state index in [1.165, 1.54) is 0 Å². The van der Waals surface area contributed by atoms with Crippen molar-refractivity contribution in [3.05, 3.63) is 71.3 Å². The molecular formula is C27H26N4O2. The molecule has 0 amide bonds. The molecule has 1 N–H and O–H groups in total. The van der Waals surface area contributed by atoms with Crippen molar-refractivity contribution in [3.8, 4) is 18.2 Å². The van der Waals surface area contributed by atoms with Gasteiger partial charge in [0, 0.05) is 5.56 Å². The minimum Gasteiger partial charge on any atom is -0.443 e. The van der Waals surface area contributed by atoms with E-state index < -0.39 is 34.5 Å². The van der Waals surface area contributed by atoms with Crippen LogP contribution in [0, 0.1) is 56.2 Å². The number of fused-ring (bicyclic) bond motifs is 2. The van der Waals surface area contributed by atoms with E-state index in [0.29, 0.717) is 17.5 Å². The summed E-state index contributed by atoms with van der Waals surface area (Å²) in [4.78, 5) is 0. The van der Waals surface area contributed by atoms with E-state index in [0.717, 1.165) is 5.56 Å². The van der Waals surface area contributed by atoms with Gasteiger partial charge in [-0.25, -0.2) is 0 Å². The summed E-state index contributed by atoms with van der Waals surface area (Å²) in [5.41, 5.74) is -1.49. The number of nitrogens with zero attached hydrogens (tertiary/aromatic N) is 3. The lowest BCUT2D eigenvalue weighted by molar-refractivity contribution is -0.292. The highest BCUT2D eigenvalue weighted by Gasteiger charge is 2.80. The van der Waals surface area contributed by atoms with Crippen LogP contribution in [0.25, 0.3) is 0 Å². The first-order valence-corrected chi connectivity index (χ1v) is 11.0. The summed E-state index contributed by atoms with van der Waals surface area (Å²) in [7, 11) is 0. The topological polar surface area (TPSA) is 114 Å². The van der Waals surface area contributed by atoms with Gasteiger partial charge in [-0.2, -0.15) is 15.8 Å². The number of benzene rings is 2. The molecule has 2 saturated heterocycles. The molecular weight excluding hydrogens is 412 g/mol. The monoisotopic (exact) mass is 438 g/mol. The molecule has 0 saturated carbocycles. The molecule has 4 atom stereocenters. The second-order valence-electron chi connectivity index (χ2n) is 9.75. The Morgan fingerprint density at radius 1 is 0.939 bits per heavy atom. The van der Waals surface area contributed by atoms with Gasteiger partial charge >= 0.3 is 0 Å². The van der Waals surface area contributed by atoms with Crippen LogP contribution in [0.3, 0.4) is 0 Å². The third kappa shape index (κ3) is 2.76. The Kier molecular flexibility index (Phi) is 5.08. The molecule has 2 aromatic rings. The summed E-state index contributed by atoms with van der Waals surface area (Å²) in [6.45, 7) is 8.16. The summed E-state index contributed by atoms with van der Waals surface area (Å²) in [5.74, 6) is -2.56. The first-order chi connectivity index (χ1) is 15.7. The highest BCUT2D eigenvalue weighted by atomic mass is 16.7. The lowest BCUT2D eigenvalue weighted by Gasteiger charge is -2.49. The molecule has 4 rings (SSSR count). The van der Waals surface area contributed by atoms with Gasteiger partial charge < -0.3 is 9.47 Å². The molecule has 2 aliphatic heterocycles. The second kappa shape index (κ2) is 7.45. The molecule has 0 aromatic heterocycles. The van der Waals surface area contributed by atoms with E-state index in [1.807, 2.05) is 61.5 Å². The van der Waals surface area contributed by atoms with Crippen molar-refractivity contribution in [2.45, 2.75) is 51.4 Å². The predicted molar refractivity (Wildman–Crippen MR) is 121 cm³/mol. The maximum atomic E-state index is 10.5. The SMILES string of the molecule is CCC1C2(c3ccccc3)OC(=N)C1(C#N)C(C#N)(C#N)C(c1ccc(C(C)(C)C)cc1)O2. The van der Waals surface area contributed by atoms with Gasteiger partial charge in [0.15, 0.2) is 5.41 Å². The molecule has 2 aromatic carbocycles. The lowest BCUT2D eigenvalue weighted by Crippen LogP contribution is -2.58. The van der Waals surface area contributed by atoms with Crippen molar-refractivity contribution in [1.82, 2.24) is 0 Å². The Bertz CT molecular complexity index is 1200. The van der Waals surface area contributed by atoms with Crippen LogP contribution >= 0.6 is 0 Å². The molecule has 33 heavy (non-hydrogen) atoms. The van der Waals surface area contributed by atoms with Crippen LogP contribution in [0.1, 0.15) is 56.9 Å². The van der Waals surface area contributed by atoms with E-state index in [-0.39, 0.29) is 5.41 Å². The zero-order valence-electron chi connectivity index (χ0n) is 19.2. The number of nitriles is 3. The minimum absolute atomic E-state index is 0.0792. The van der Waals surface area contributed by atoms with E-state index in [4.69, 9.17) is 14.9 Å². The van der Waals surface area contributed by atoms with Crippen molar-refractivity contribution in [2.75, 3.05) is 0 Å². The van der Waals surface area contributed by atoms with Gasteiger partial charge in [-0.05, 0) is 23.0 Å². The van der Waals surface area contributed by atoms with Crippen molar-refractivity contribution >= 4 is 5.90 Å². The van der Waals surface area contributed by atoms with Gasteiger partial charge in [-0.15, -0.1) is 0 Å². The van der Waals surface area contributed by atoms with Crippen LogP contribution in [0.4, 0.5) is 0 Å². The van der Waals surface area contributed by atoms with Crippen molar-refractivity contribution in [1.29, 1.82) is 21.2 Å². The van der Waals surface area contributed by atoms with Crippen molar-refractivity contribution in [2.24, 2.45) is 16.7 Å². The number of hydrogen-bond donors (Lipinski definition) is 1. The average molecular weight is 439 g/mol. The molecule has 0 spiro atoms. The minimum atomic E-state index is -1.96. The highest BCUT2D eigenvalue weighted by molar-refractivity contribution is 5.89. The van der Waals surface area contributed by atoms with Crippen LogP contribution < -0.4 is 0 Å². The average Bonchev–Trinajstić information content (AvgIpc) is 3.03. The fraction of sp³-hybridized carbons (Fsp3) is 0.407. The standard InChI is InChI=1S/C27H26N4O2/c1-5-21-26(17-30)23(31)33-27(21,20-9-7-6-8-10-20)32-22(25(26,15-28)16-29)18-11-13-19(14-12-18)24(2,3)4/h6-14,21-22,31H,5H2,1-4H3. The summed E-state index contributed by atoms with van der Waals surface area (Å²) in [6.07, 6.45) is -0.710. The van der Waals surface area contributed by atoms with Gasteiger partial charge in [0.2, 0.25) is 17.1 Å². The Morgan fingerprint density at radius 3 is 2.03 bits per heavy atom. The first kappa shape index (κ1) is 22.5. The third-order valence-electron chi connectivity index (χ3n) is 7.09. The normalized spacial score (nSPS) is 29.9. The maximum Gasteiger partial charge on any atom is 0.244 e. The lowest BCUT2D eigenvalue weighted by atomic mass is 9.52. The summed E-state index contributed by atoms with van der Waals surface area (Å²) >= 11 is 0. The maximum absolute atomic E-state index is 10.5. The molecule has 6 heteroatoms. The first-order valence-electron chi connectivity index (χ1n) is 11.0. The molecule has 0 aliphatic carbocycles. The molecule has 166 valence electrons. The smallest absolute Gasteiger partial charge is 0.244 e. The number of hydrogen-bond acceptors (Lipinski definition) is 6. The number of nitrogens with one attached hydrogen (secondary N) is 1. The van der Waals surface area contributed by atoms with Crippen LogP contribution in [0.15, 0.2) is 54.6 Å². The Balaban J connectivity index is 2.01. The molecule has 0 radical (unpaired) electrons. The highest BCUT2D eigenvalue weighted by Crippen LogP contribution is 2.69. The van der Waals surface area contributed by atoms with Gasteiger partial charge in [-0.3, -0.25) is 5.41 Å². The van der Waals surface area contributed by atoms with Gasteiger partial charge in [0.1, 0.15) is 6.10 Å². The summed E-state index contributed by atoms with van der Waals surface area (Å²) < 4.78 is 12.7. The third-order valence-corrected chi connectivity index (χ3v) is 7.09. The Hall–Kier alpha value is -3.66. The fourth-order valence-electron chi connectivity index (χ4n) is 5.36. The fourth-order valence-corrected chi connectivity index (χ4v) is 5.36. The molecule has 4 unspecified atom stereocenters. The van der Waals surface area contributed by atoms with Crippen LogP contribution in [0.2, 0.25) is 0 Å². The van der Waals surface area contributed by atoms with Crippen molar-refractivity contribution in [3.63, 3.8) is 0 Å². The largest absolute Gasteiger partial charge is 0.443 e. The van der Waals surface area contributed by atoms with E-state index in [1.54, 1.807) is 0 Å². The van der Waals surface area contributed by atoms with Gasteiger partial charge in [0.25, 0.3) is 0 Å². The summed E-state index contributed by atoms with van der Waals surface area (Å²) in [5, 5.41) is 40.0. The molecule has 2 heterocycles.